The Morgan fingerprint density at radius 3 is 2.55 bits per heavy atom. The number of nitrogens with one attached hydrogen (secondary N) is 1. The van der Waals surface area contributed by atoms with Crippen LogP contribution in [0.25, 0.3) is 0 Å². The zero-order valence-corrected chi connectivity index (χ0v) is 13.0. The Bertz CT molecular complexity index is 621. The molecule has 0 aromatic heterocycles. The Morgan fingerprint density at radius 1 is 1.18 bits per heavy atom. The van der Waals surface area contributed by atoms with Gasteiger partial charge in [-0.15, -0.1) is 0 Å². The Hall–Kier alpha value is -2.49. The Balaban J connectivity index is 1.76. The molecule has 0 bridgehead atoms. The standard InChI is InChI=1S/C18H22N2O2/c1-13(2)14-6-8-17(9-7-14)22-11-10-20-18(21)15-4-3-5-16(19)12-15/h3-9,12-13H,10-11,19H2,1-2H3,(H,20,21). The van der Waals surface area contributed by atoms with Gasteiger partial charge in [0.1, 0.15) is 12.4 Å². The summed E-state index contributed by atoms with van der Waals surface area (Å²) >= 11 is 0. The van der Waals surface area contributed by atoms with E-state index in [1.165, 1.54) is 5.56 Å². The Labute approximate surface area is 131 Å². The second kappa shape index (κ2) is 7.50. The van der Waals surface area contributed by atoms with Gasteiger partial charge in [0, 0.05) is 11.3 Å². The molecule has 0 atom stereocenters. The van der Waals surface area contributed by atoms with E-state index in [4.69, 9.17) is 10.5 Å². The van der Waals surface area contributed by atoms with Crippen LogP contribution in [0, 0.1) is 0 Å². The smallest absolute Gasteiger partial charge is 0.251 e. The van der Waals surface area contributed by atoms with Crippen LogP contribution in [-0.4, -0.2) is 19.1 Å². The summed E-state index contributed by atoms with van der Waals surface area (Å²) in [4.78, 5) is 11.9. The fraction of sp³-hybridized carbons (Fsp3) is 0.278. The van der Waals surface area contributed by atoms with Crippen molar-refractivity contribution in [2.24, 2.45) is 0 Å². The minimum atomic E-state index is -0.147. The van der Waals surface area contributed by atoms with Gasteiger partial charge in [0.2, 0.25) is 0 Å². The molecular weight excluding hydrogens is 276 g/mol. The molecule has 0 spiro atoms. The molecular formula is C18H22N2O2. The van der Waals surface area contributed by atoms with Crippen LogP contribution in [-0.2, 0) is 0 Å². The van der Waals surface area contributed by atoms with Gasteiger partial charge in [-0.25, -0.2) is 0 Å². The van der Waals surface area contributed by atoms with Crippen molar-refractivity contribution < 1.29 is 9.53 Å². The van der Waals surface area contributed by atoms with Crippen LogP contribution in [0.5, 0.6) is 5.75 Å². The van der Waals surface area contributed by atoms with E-state index >= 15 is 0 Å². The number of amides is 1. The number of hydrogen-bond acceptors (Lipinski definition) is 3. The maximum atomic E-state index is 11.9. The van der Waals surface area contributed by atoms with Crippen molar-refractivity contribution >= 4 is 11.6 Å². The Kier molecular flexibility index (Phi) is 5.42. The molecule has 0 aliphatic carbocycles. The number of carbonyl (C=O) groups is 1. The van der Waals surface area contributed by atoms with Crippen LogP contribution in [0.4, 0.5) is 5.69 Å². The van der Waals surface area contributed by atoms with Gasteiger partial charge >= 0.3 is 0 Å². The second-order valence-electron chi connectivity index (χ2n) is 5.45. The van der Waals surface area contributed by atoms with E-state index in [0.717, 1.165) is 5.75 Å². The first-order chi connectivity index (χ1) is 10.6. The maximum absolute atomic E-state index is 11.9. The quantitative estimate of drug-likeness (QED) is 0.636. The van der Waals surface area contributed by atoms with E-state index in [9.17, 15) is 4.79 Å². The van der Waals surface area contributed by atoms with Crippen molar-refractivity contribution in [1.82, 2.24) is 5.32 Å². The van der Waals surface area contributed by atoms with E-state index < -0.39 is 0 Å². The summed E-state index contributed by atoms with van der Waals surface area (Å²) in [5, 5.41) is 2.81. The van der Waals surface area contributed by atoms with Gasteiger partial charge in [0.15, 0.2) is 0 Å². The van der Waals surface area contributed by atoms with Crippen molar-refractivity contribution in [3.8, 4) is 5.75 Å². The molecule has 0 heterocycles. The summed E-state index contributed by atoms with van der Waals surface area (Å²) in [6, 6.07) is 14.9. The number of nitrogen functional groups attached to an aromatic ring is 1. The summed E-state index contributed by atoms with van der Waals surface area (Å²) in [7, 11) is 0. The lowest BCUT2D eigenvalue weighted by Gasteiger charge is -2.10. The van der Waals surface area contributed by atoms with Crippen LogP contribution in [0.1, 0.15) is 35.7 Å². The van der Waals surface area contributed by atoms with Crippen LogP contribution in [0.2, 0.25) is 0 Å². The molecule has 0 saturated heterocycles. The molecule has 1 amide bonds. The average Bonchev–Trinajstić information content (AvgIpc) is 2.51. The number of nitrogens with two attached hydrogens (primary N) is 1. The van der Waals surface area contributed by atoms with E-state index in [0.29, 0.717) is 30.3 Å². The van der Waals surface area contributed by atoms with E-state index in [1.54, 1.807) is 24.3 Å². The Morgan fingerprint density at radius 2 is 1.91 bits per heavy atom. The topological polar surface area (TPSA) is 64.3 Å². The van der Waals surface area contributed by atoms with Crippen LogP contribution in [0.3, 0.4) is 0 Å². The minimum Gasteiger partial charge on any atom is -0.492 e. The molecule has 0 unspecified atom stereocenters. The van der Waals surface area contributed by atoms with Gasteiger partial charge in [0.25, 0.3) is 5.91 Å². The normalized spacial score (nSPS) is 10.5. The lowest BCUT2D eigenvalue weighted by molar-refractivity contribution is 0.0947. The monoisotopic (exact) mass is 298 g/mol. The molecule has 3 N–H and O–H groups in total. The predicted octanol–water partition coefficient (Wildman–Crippen LogP) is 3.20. The van der Waals surface area contributed by atoms with E-state index in [1.807, 2.05) is 12.1 Å². The third kappa shape index (κ3) is 4.52. The second-order valence-corrected chi connectivity index (χ2v) is 5.45. The SMILES string of the molecule is CC(C)c1ccc(OCCNC(=O)c2cccc(N)c2)cc1. The highest BCUT2D eigenvalue weighted by molar-refractivity contribution is 5.94. The number of benzene rings is 2. The molecule has 2 aromatic rings. The van der Waals surface area contributed by atoms with Crippen LogP contribution in [0.15, 0.2) is 48.5 Å². The predicted molar refractivity (Wildman–Crippen MR) is 89.2 cm³/mol. The molecule has 0 aliphatic heterocycles. The lowest BCUT2D eigenvalue weighted by Crippen LogP contribution is -2.28. The molecule has 22 heavy (non-hydrogen) atoms. The minimum absolute atomic E-state index is 0.147. The van der Waals surface area contributed by atoms with Crippen molar-refractivity contribution in [3.63, 3.8) is 0 Å². The summed E-state index contributed by atoms with van der Waals surface area (Å²) in [6.45, 7) is 5.18. The highest BCUT2D eigenvalue weighted by Gasteiger charge is 2.05. The fourth-order valence-electron chi connectivity index (χ4n) is 2.06. The van der Waals surface area contributed by atoms with Gasteiger partial charge in [-0.1, -0.05) is 32.0 Å². The highest BCUT2D eigenvalue weighted by atomic mass is 16.5. The zero-order valence-electron chi connectivity index (χ0n) is 13.0. The fourth-order valence-corrected chi connectivity index (χ4v) is 2.06. The van der Waals surface area contributed by atoms with Gasteiger partial charge in [-0.2, -0.15) is 0 Å². The van der Waals surface area contributed by atoms with Crippen molar-refractivity contribution in [2.75, 3.05) is 18.9 Å². The van der Waals surface area contributed by atoms with Gasteiger partial charge < -0.3 is 15.8 Å². The van der Waals surface area contributed by atoms with E-state index in [-0.39, 0.29) is 5.91 Å². The maximum Gasteiger partial charge on any atom is 0.251 e. The molecule has 0 fully saturated rings. The third-order valence-electron chi connectivity index (χ3n) is 3.35. The zero-order chi connectivity index (χ0) is 15.9. The largest absolute Gasteiger partial charge is 0.492 e. The van der Waals surface area contributed by atoms with E-state index in [2.05, 4.69) is 31.3 Å². The summed E-state index contributed by atoms with van der Waals surface area (Å²) < 4.78 is 5.61. The van der Waals surface area contributed by atoms with Gasteiger partial charge in [-0.05, 0) is 41.8 Å². The molecule has 0 saturated carbocycles. The van der Waals surface area contributed by atoms with Gasteiger partial charge in [-0.3, -0.25) is 4.79 Å². The first kappa shape index (κ1) is 15.9. The number of hydrogen-bond donors (Lipinski definition) is 2. The van der Waals surface area contributed by atoms with Crippen LogP contribution < -0.4 is 15.8 Å². The summed E-state index contributed by atoms with van der Waals surface area (Å²) in [6.07, 6.45) is 0. The number of rotatable bonds is 6. The average molecular weight is 298 g/mol. The summed E-state index contributed by atoms with van der Waals surface area (Å²) in [5.74, 6) is 1.17. The molecule has 116 valence electrons. The molecule has 2 aromatic carbocycles. The van der Waals surface area contributed by atoms with Crippen LogP contribution >= 0.6 is 0 Å². The number of ether oxygens (including phenoxy) is 1. The molecule has 0 radical (unpaired) electrons. The first-order valence-corrected chi connectivity index (χ1v) is 7.43. The third-order valence-corrected chi connectivity index (χ3v) is 3.35. The molecule has 4 nitrogen and oxygen atoms in total. The highest BCUT2D eigenvalue weighted by Crippen LogP contribution is 2.18. The number of anilines is 1. The molecule has 2 rings (SSSR count). The number of carbonyl (C=O) groups excluding carboxylic acids is 1. The summed E-state index contributed by atoms with van der Waals surface area (Å²) in [5.41, 5.74) is 8.07. The molecule has 4 heteroatoms. The van der Waals surface area contributed by atoms with Gasteiger partial charge in [0.05, 0.1) is 6.54 Å². The first-order valence-electron chi connectivity index (χ1n) is 7.43. The lowest BCUT2D eigenvalue weighted by atomic mass is 10.0. The van der Waals surface area contributed by atoms with Crippen molar-refractivity contribution in [3.05, 3.63) is 59.7 Å². The van der Waals surface area contributed by atoms with Crippen molar-refractivity contribution in [1.29, 1.82) is 0 Å². The molecule has 0 aliphatic rings. The van der Waals surface area contributed by atoms with Crippen molar-refractivity contribution in [2.45, 2.75) is 19.8 Å².